The molecule has 3 aromatic carbocycles. The Bertz CT molecular complexity index is 1030. The summed E-state index contributed by atoms with van der Waals surface area (Å²) in [6, 6.07) is 21.9. The van der Waals surface area contributed by atoms with Crippen molar-refractivity contribution in [2.45, 2.75) is 19.4 Å². The maximum atomic E-state index is 11.1. The van der Waals surface area contributed by atoms with Crippen molar-refractivity contribution in [2.75, 3.05) is 19.0 Å². The molecule has 2 unspecified atom stereocenters. The highest BCUT2D eigenvalue weighted by atomic mass is 32.2. The Kier molecular flexibility index (Phi) is 6.35. The Balaban J connectivity index is 1.41. The molecule has 1 aliphatic heterocycles. The first-order valence-corrected chi connectivity index (χ1v) is 11.2. The van der Waals surface area contributed by atoms with Gasteiger partial charge in [0.2, 0.25) is 0 Å². The van der Waals surface area contributed by atoms with Crippen molar-refractivity contribution in [2.24, 2.45) is 0 Å². The van der Waals surface area contributed by atoms with Gasteiger partial charge in [0, 0.05) is 23.1 Å². The van der Waals surface area contributed by atoms with E-state index in [2.05, 4.69) is 30.3 Å². The third-order valence-corrected chi connectivity index (χ3v) is 5.75. The third-order valence-electron chi connectivity index (χ3n) is 5.07. The van der Waals surface area contributed by atoms with E-state index < -0.39 is 11.1 Å². The number of para-hydroxylation sites is 1. The van der Waals surface area contributed by atoms with Crippen LogP contribution in [-0.2, 0) is 17.7 Å². The molecule has 0 saturated carbocycles. The normalized spacial score (nSPS) is 15.9. The summed E-state index contributed by atoms with van der Waals surface area (Å²) in [5.74, 6) is 2.46. The maximum absolute atomic E-state index is 11.1. The summed E-state index contributed by atoms with van der Waals surface area (Å²) in [5.41, 5.74) is 4.19. The second-order valence-electron chi connectivity index (χ2n) is 7.11. The van der Waals surface area contributed by atoms with Crippen molar-refractivity contribution < 1.29 is 23.0 Å². The van der Waals surface area contributed by atoms with Crippen molar-refractivity contribution in [3.8, 4) is 28.4 Å². The summed E-state index contributed by atoms with van der Waals surface area (Å²) in [5, 5.41) is 0. The first-order valence-electron chi connectivity index (χ1n) is 9.92. The van der Waals surface area contributed by atoms with Crippen molar-refractivity contribution in [3.05, 3.63) is 77.9 Å². The maximum Gasteiger partial charge on any atom is 0.153 e. The minimum absolute atomic E-state index is 0.0491. The fourth-order valence-electron chi connectivity index (χ4n) is 3.59. The van der Waals surface area contributed by atoms with Crippen LogP contribution in [0.3, 0.4) is 0 Å². The predicted octanol–water partition coefficient (Wildman–Crippen LogP) is 5.03. The number of fused-ring (bicyclic) bond motifs is 1. The zero-order valence-corrected chi connectivity index (χ0v) is 17.6. The summed E-state index contributed by atoms with van der Waals surface area (Å²) in [7, 11) is 0. The monoisotopic (exact) mass is 424 g/mol. The molecule has 0 radical (unpaired) electrons. The molecule has 4 rings (SSSR count). The molecular formula is C24H24O5S. The van der Waals surface area contributed by atoms with Crippen molar-refractivity contribution >= 4 is 11.1 Å². The summed E-state index contributed by atoms with van der Waals surface area (Å²) in [6.07, 6.45) is 0. The predicted molar refractivity (Wildman–Crippen MR) is 118 cm³/mol. The minimum Gasteiger partial charge on any atom is -0.493 e. The van der Waals surface area contributed by atoms with E-state index in [0.717, 1.165) is 33.8 Å². The lowest BCUT2D eigenvalue weighted by atomic mass is 10.0. The molecule has 0 saturated heterocycles. The fourth-order valence-corrected chi connectivity index (χ4v) is 4.21. The summed E-state index contributed by atoms with van der Waals surface area (Å²) in [6.45, 7) is 3.48. The first kappa shape index (κ1) is 20.4. The third kappa shape index (κ3) is 4.66. The molecule has 5 nitrogen and oxygen atoms in total. The molecule has 1 aliphatic rings. The van der Waals surface area contributed by atoms with Gasteiger partial charge < -0.3 is 18.8 Å². The van der Waals surface area contributed by atoms with Crippen LogP contribution in [0.5, 0.6) is 17.2 Å². The highest BCUT2D eigenvalue weighted by molar-refractivity contribution is 7.79. The molecule has 0 aliphatic carbocycles. The van der Waals surface area contributed by atoms with Crippen LogP contribution in [0.15, 0.2) is 66.7 Å². The summed E-state index contributed by atoms with van der Waals surface area (Å²) < 4.78 is 37.5. The molecular weight excluding hydrogens is 400 g/mol. The molecule has 1 heterocycles. The van der Waals surface area contributed by atoms with Crippen LogP contribution < -0.4 is 14.2 Å². The van der Waals surface area contributed by atoms with Crippen LogP contribution in [0.4, 0.5) is 0 Å². The van der Waals surface area contributed by atoms with Gasteiger partial charge in [0.15, 0.2) is 11.1 Å². The van der Waals surface area contributed by atoms with E-state index in [0.29, 0.717) is 25.6 Å². The van der Waals surface area contributed by atoms with Gasteiger partial charge in [-0.3, -0.25) is 0 Å². The summed E-state index contributed by atoms with van der Waals surface area (Å²) >= 11 is -1.83. The molecule has 6 heteroatoms. The zero-order valence-electron chi connectivity index (χ0n) is 16.7. The smallest absolute Gasteiger partial charge is 0.153 e. The van der Waals surface area contributed by atoms with E-state index in [-0.39, 0.29) is 11.7 Å². The Morgan fingerprint density at radius 1 is 1.07 bits per heavy atom. The largest absolute Gasteiger partial charge is 0.493 e. The van der Waals surface area contributed by atoms with Gasteiger partial charge >= 0.3 is 0 Å². The van der Waals surface area contributed by atoms with Crippen LogP contribution in [0, 0.1) is 0 Å². The number of hydrogen-bond donors (Lipinski definition) is 1. The van der Waals surface area contributed by atoms with Gasteiger partial charge in [0.05, 0.1) is 19.0 Å². The van der Waals surface area contributed by atoms with Gasteiger partial charge in [-0.15, -0.1) is 0 Å². The van der Waals surface area contributed by atoms with Crippen LogP contribution >= 0.6 is 0 Å². The van der Waals surface area contributed by atoms with E-state index in [1.165, 1.54) is 0 Å². The van der Waals surface area contributed by atoms with Crippen molar-refractivity contribution in [1.82, 2.24) is 0 Å². The number of benzene rings is 3. The molecule has 3 aromatic rings. The van der Waals surface area contributed by atoms with Crippen LogP contribution in [-0.4, -0.2) is 27.7 Å². The summed E-state index contributed by atoms with van der Waals surface area (Å²) in [4.78, 5) is 0. The lowest BCUT2D eigenvalue weighted by Gasteiger charge is -2.11. The number of ether oxygens (including phenoxy) is 3. The van der Waals surface area contributed by atoms with Gasteiger partial charge in [-0.25, -0.2) is 4.21 Å². The quantitative estimate of drug-likeness (QED) is 0.514. The van der Waals surface area contributed by atoms with Gasteiger partial charge in [0.1, 0.15) is 23.9 Å². The number of hydrogen-bond acceptors (Lipinski definition) is 4. The molecule has 156 valence electrons. The highest BCUT2D eigenvalue weighted by Gasteiger charge is 2.26. The second-order valence-corrected chi connectivity index (χ2v) is 8.09. The Labute approximate surface area is 178 Å². The van der Waals surface area contributed by atoms with Gasteiger partial charge in [-0.05, 0) is 30.2 Å². The average molecular weight is 425 g/mol. The first-order chi connectivity index (χ1) is 14.6. The lowest BCUT2D eigenvalue weighted by molar-refractivity contribution is 0.301. The van der Waals surface area contributed by atoms with E-state index in [1.807, 2.05) is 43.3 Å². The fraction of sp³-hybridized carbons (Fsp3) is 0.250. The molecule has 1 N–H and O–H groups in total. The SMILES string of the molecule is CCOc1ccccc1-c1ccc(COc2ccc3c(c2)OCC3CS(=O)O)cc1. The Hall–Kier alpha value is -2.83. The standard InChI is InChI=1S/C24H24O5S/c1-2-27-23-6-4-3-5-21(23)18-9-7-17(8-10-18)14-28-20-11-12-22-19(16-30(25)26)15-29-24(22)13-20/h3-13,19H,2,14-16H2,1H3,(H,25,26). The van der Waals surface area contributed by atoms with Gasteiger partial charge in [-0.1, -0.05) is 48.5 Å². The Morgan fingerprint density at radius 2 is 1.87 bits per heavy atom. The molecule has 30 heavy (non-hydrogen) atoms. The van der Waals surface area contributed by atoms with Crippen LogP contribution in [0.25, 0.3) is 11.1 Å². The highest BCUT2D eigenvalue weighted by Crippen LogP contribution is 2.37. The minimum atomic E-state index is -1.83. The molecule has 0 amide bonds. The molecule has 0 bridgehead atoms. The molecule has 2 atom stereocenters. The molecule has 0 aromatic heterocycles. The van der Waals surface area contributed by atoms with E-state index in [9.17, 15) is 4.21 Å². The van der Waals surface area contributed by atoms with Crippen LogP contribution in [0.1, 0.15) is 24.0 Å². The van der Waals surface area contributed by atoms with Crippen molar-refractivity contribution in [1.29, 1.82) is 0 Å². The van der Waals surface area contributed by atoms with E-state index in [1.54, 1.807) is 0 Å². The van der Waals surface area contributed by atoms with Crippen molar-refractivity contribution in [3.63, 3.8) is 0 Å². The zero-order chi connectivity index (χ0) is 20.9. The van der Waals surface area contributed by atoms with E-state index in [4.69, 9.17) is 18.8 Å². The second kappa shape index (κ2) is 9.32. The van der Waals surface area contributed by atoms with Gasteiger partial charge in [-0.2, -0.15) is 0 Å². The Morgan fingerprint density at radius 3 is 2.63 bits per heavy atom. The topological polar surface area (TPSA) is 65.0 Å². The van der Waals surface area contributed by atoms with Gasteiger partial charge in [0.25, 0.3) is 0 Å². The lowest BCUT2D eigenvalue weighted by Crippen LogP contribution is -2.10. The molecule has 0 fully saturated rings. The van der Waals surface area contributed by atoms with Crippen LogP contribution in [0.2, 0.25) is 0 Å². The number of rotatable bonds is 8. The average Bonchev–Trinajstić information content (AvgIpc) is 3.15. The molecule has 0 spiro atoms. The van der Waals surface area contributed by atoms with E-state index >= 15 is 0 Å².